The summed E-state index contributed by atoms with van der Waals surface area (Å²) in [6.45, 7) is 1.24. The zero-order chi connectivity index (χ0) is 27.4. The van der Waals surface area contributed by atoms with Crippen LogP contribution < -0.4 is 36.7 Å². The van der Waals surface area contributed by atoms with Crippen molar-refractivity contribution in [2.75, 3.05) is 25.3 Å². The topological polar surface area (TPSA) is 209 Å². The van der Waals surface area contributed by atoms with Gasteiger partial charge in [0.25, 0.3) is 0 Å². The minimum Gasteiger partial charge on any atom is -0.481 e. The summed E-state index contributed by atoms with van der Waals surface area (Å²) in [5, 5.41) is 15.5. The number of nitrogens with one attached hydrogen (secondary N) is 3. The van der Waals surface area contributed by atoms with Crippen molar-refractivity contribution in [1.82, 2.24) is 24.7 Å². The number of nitrogen functional groups attached to an aromatic ring is 2. The Bertz CT molecular complexity index is 1540. The van der Waals surface area contributed by atoms with Gasteiger partial charge in [-0.15, -0.1) is 5.10 Å². The molecular formula is C24H25N9O5. The van der Waals surface area contributed by atoms with Crippen LogP contribution in [0.15, 0.2) is 53.5 Å². The van der Waals surface area contributed by atoms with Gasteiger partial charge in [-0.2, -0.15) is 9.67 Å². The predicted molar refractivity (Wildman–Crippen MR) is 138 cm³/mol. The first-order valence-corrected chi connectivity index (χ1v) is 11.1. The van der Waals surface area contributed by atoms with Gasteiger partial charge in [0.05, 0.1) is 25.5 Å². The van der Waals surface area contributed by atoms with Crippen LogP contribution in [0, 0.1) is 5.41 Å². The number of methoxy groups -OCH3 is 2. The fraction of sp³-hybridized carbons (Fsp3) is 0.167. The van der Waals surface area contributed by atoms with Gasteiger partial charge in [0.2, 0.25) is 11.8 Å². The molecule has 0 fully saturated rings. The first-order chi connectivity index (χ1) is 18.2. The minimum absolute atomic E-state index is 0.0823. The SMILES string of the molecule is COc1cc([C@H](Nc2ccc(C(=N)N)c(OC(C)=O)c2)c2nn(-c3ncccc3N)c(=O)[nH]2)cc(OC)n1. The first kappa shape index (κ1) is 25.7. The average molecular weight is 520 g/mol. The number of amidine groups is 1. The van der Waals surface area contributed by atoms with Crippen LogP contribution in [-0.4, -0.2) is 50.8 Å². The molecule has 14 nitrogen and oxygen atoms in total. The maximum absolute atomic E-state index is 12.9. The van der Waals surface area contributed by atoms with E-state index in [1.165, 1.54) is 39.5 Å². The van der Waals surface area contributed by atoms with E-state index < -0.39 is 17.7 Å². The Kier molecular flexibility index (Phi) is 7.23. The molecule has 0 radical (unpaired) electrons. The second-order valence-electron chi connectivity index (χ2n) is 7.92. The maximum Gasteiger partial charge on any atom is 0.349 e. The quantitative estimate of drug-likeness (QED) is 0.0922. The summed E-state index contributed by atoms with van der Waals surface area (Å²) in [5.41, 5.74) is 12.6. The number of rotatable bonds is 9. The molecule has 3 aromatic heterocycles. The lowest BCUT2D eigenvalue weighted by Crippen LogP contribution is -2.18. The van der Waals surface area contributed by atoms with Gasteiger partial charge < -0.3 is 31.0 Å². The first-order valence-electron chi connectivity index (χ1n) is 11.1. The highest BCUT2D eigenvalue weighted by Gasteiger charge is 2.24. The molecule has 196 valence electrons. The van der Waals surface area contributed by atoms with Gasteiger partial charge in [-0.1, -0.05) is 0 Å². The van der Waals surface area contributed by atoms with E-state index in [2.05, 4.69) is 25.4 Å². The van der Waals surface area contributed by atoms with Crippen molar-refractivity contribution in [3.8, 4) is 23.3 Å². The number of pyridine rings is 2. The number of aromatic nitrogens is 5. The molecule has 0 unspecified atom stereocenters. The molecule has 0 amide bonds. The van der Waals surface area contributed by atoms with E-state index in [1.54, 1.807) is 30.3 Å². The van der Waals surface area contributed by atoms with E-state index in [1.807, 2.05) is 0 Å². The van der Waals surface area contributed by atoms with Gasteiger partial charge >= 0.3 is 11.7 Å². The summed E-state index contributed by atoms with van der Waals surface area (Å²) in [4.78, 5) is 35.7. The molecule has 0 spiro atoms. The molecule has 0 aliphatic carbocycles. The number of nitrogens with two attached hydrogens (primary N) is 2. The second kappa shape index (κ2) is 10.7. The third-order valence-electron chi connectivity index (χ3n) is 5.31. The van der Waals surface area contributed by atoms with Crippen LogP contribution in [0.1, 0.15) is 29.9 Å². The number of carbonyl (C=O) groups is 1. The molecule has 7 N–H and O–H groups in total. The van der Waals surface area contributed by atoms with E-state index >= 15 is 0 Å². The molecule has 0 aliphatic rings. The standard InChI is InChI=1S/C24H25N9O5/c1-12(34)38-17-11-14(6-7-15(17)21(26)27)29-20(13-9-18(36-2)30-19(10-13)37-3)22-31-24(35)33(32-22)23-16(25)5-4-8-28-23/h4-11,20,29H,25H2,1-3H3,(H3,26,27)(H,31,32,35)/t20-/m0/s1. The Balaban J connectivity index is 1.85. The number of anilines is 2. The molecule has 4 aromatic rings. The lowest BCUT2D eigenvalue weighted by molar-refractivity contribution is -0.131. The number of esters is 1. The lowest BCUT2D eigenvalue weighted by atomic mass is 10.1. The van der Waals surface area contributed by atoms with E-state index in [0.29, 0.717) is 11.3 Å². The van der Waals surface area contributed by atoms with Gasteiger partial charge in [0, 0.05) is 37.0 Å². The summed E-state index contributed by atoms with van der Waals surface area (Å²) in [6.07, 6.45) is 1.49. The number of H-pyrrole nitrogens is 1. The third kappa shape index (κ3) is 5.38. The average Bonchev–Trinajstić information content (AvgIpc) is 3.27. The lowest BCUT2D eigenvalue weighted by Gasteiger charge is -2.20. The molecule has 1 aromatic carbocycles. The molecule has 0 saturated heterocycles. The van der Waals surface area contributed by atoms with Gasteiger partial charge in [-0.3, -0.25) is 15.2 Å². The van der Waals surface area contributed by atoms with Crippen molar-refractivity contribution >= 4 is 23.2 Å². The van der Waals surface area contributed by atoms with Crippen LogP contribution in [0.2, 0.25) is 0 Å². The van der Waals surface area contributed by atoms with Crippen LogP contribution in [0.3, 0.4) is 0 Å². The molecule has 3 heterocycles. The number of carbonyl (C=O) groups excluding carboxylic acids is 1. The minimum atomic E-state index is -0.798. The van der Waals surface area contributed by atoms with Crippen molar-refractivity contribution in [2.24, 2.45) is 5.73 Å². The summed E-state index contributed by atoms with van der Waals surface area (Å²) >= 11 is 0. The predicted octanol–water partition coefficient (Wildman–Crippen LogP) is 1.36. The fourth-order valence-corrected chi connectivity index (χ4v) is 3.63. The molecule has 4 rings (SSSR count). The number of nitrogens with zero attached hydrogens (tertiary/aromatic N) is 4. The van der Waals surface area contributed by atoms with E-state index in [9.17, 15) is 9.59 Å². The molecule has 38 heavy (non-hydrogen) atoms. The largest absolute Gasteiger partial charge is 0.481 e. The van der Waals surface area contributed by atoms with Crippen molar-refractivity contribution in [3.63, 3.8) is 0 Å². The molecule has 14 heteroatoms. The van der Waals surface area contributed by atoms with Crippen LogP contribution in [0.4, 0.5) is 11.4 Å². The van der Waals surface area contributed by atoms with E-state index in [4.69, 9.17) is 31.1 Å². The fourth-order valence-electron chi connectivity index (χ4n) is 3.63. The zero-order valence-electron chi connectivity index (χ0n) is 20.7. The molecule has 0 saturated carbocycles. The number of benzene rings is 1. The Labute approximate surface area is 216 Å². The zero-order valence-corrected chi connectivity index (χ0v) is 20.7. The van der Waals surface area contributed by atoms with Gasteiger partial charge in [-0.25, -0.2) is 9.78 Å². The van der Waals surface area contributed by atoms with Crippen LogP contribution in [0.25, 0.3) is 5.82 Å². The smallest absolute Gasteiger partial charge is 0.349 e. The summed E-state index contributed by atoms with van der Waals surface area (Å²) in [5.74, 6) is 0.0965. The number of hydrogen-bond acceptors (Lipinski definition) is 11. The Morgan fingerprint density at radius 3 is 2.47 bits per heavy atom. The molecular weight excluding hydrogens is 494 g/mol. The van der Waals surface area contributed by atoms with E-state index in [-0.39, 0.29) is 46.2 Å². The monoisotopic (exact) mass is 519 g/mol. The Hall–Kier alpha value is -5.40. The van der Waals surface area contributed by atoms with Crippen molar-refractivity contribution in [1.29, 1.82) is 5.41 Å². The van der Waals surface area contributed by atoms with Crippen molar-refractivity contribution in [3.05, 3.63) is 76.1 Å². The van der Waals surface area contributed by atoms with Crippen LogP contribution in [-0.2, 0) is 4.79 Å². The second-order valence-corrected chi connectivity index (χ2v) is 7.92. The van der Waals surface area contributed by atoms with Gasteiger partial charge in [-0.05, 0) is 29.8 Å². The van der Waals surface area contributed by atoms with Crippen LogP contribution in [0.5, 0.6) is 17.5 Å². The van der Waals surface area contributed by atoms with Gasteiger partial charge in [0.1, 0.15) is 17.6 Å². The highest BCUT2D eigenvalue weighted by molar-refractivity contribution is 5.98. The molecule has 1 atom stereocenters. The normalized spacial score (nSPS) is 11.4. The number of aromatic amines is 1. The Morgan fingerprint density at radius 2 is 1.87 bits per heavy atom. The third-order valence-corrected chi connectivity index (χ3v) is 5.31. The summed E-state index contributed by atoms with van der Waals surface area (Å²) in [7, 11) is 2.92. The number of hydrogen-bond donors (Lipinski definition) is 5. The highest BCUT2D eigenvalue weighted by Crippen LogP contribution is 2.31. The highest BCUT2D eigenvalue weighted by atomic mass is 16.5. The van der Waals surface area contributed by atoms with Crippen molar-refractivity contribution in [2.45, 2.75) is 13.0 Å². The maximum atomic E-state index is 12.9. The van der Waals surface area contributed by atoms with Gasteiger partial charge in [0.15, 0.2) is 11.6 Å². The van der Waals surface area contributed by atoms with Crippen LogP contribution >= 0.6 is 0 Å². The molecule has 0 aliphatic heterocycles. The van der Waals surface area contributed by atoms with E-state index in [0.717, 1.165) is 4.68 Å². The molecule has 0 bridgehead atoms. The van der Waals surface area contributed by atoms with Crippen molar-refractivity contribution < 1.29 is 19.0 Å². The summed E-state index contributed by atoms with van der Waals surface area (Å²) < 4.78 is 16.9. The summed E-state index contributed by atoms with van der Waals surface area (Å²) in [6, 6.07) is 10.4. The Morgan fingerprint density at radius 1 is 1.16 bits per heavy atom. The number of ether oxygens (including phenoxy) is 3.